The largest absolute Gasteiger partial charge is 0.456 e. The highest BCUT2D eigenvalue weighted by Crippen LogP contribution is 2.34. The Morgan fingerprint density at radius 3 is 1.49 bits per heavy atom. The molecule has 0 spiro atoms. The first-order valence-corrected chi connectivity index (χ1v) is 15.8. The fourth-order valence-corrected chi connectivity index (χ4v) is 5.90. The summed E-state index contributed by atoms with van der Waals surface area (Å²) in [4.78, 5) is 14.8. The zero-order chi connectivity index (χ0) is 38.7. The maximum Gasteiger partial charge on any atom is 0.164 e. The van der Waals surface area contributed by atoms with Gasteiger partial charge in [0.25, 0.3) is 0 Å². The summed E-state index contributed by atoms with van der Waals surface area (Å²) >= 11 is 0. The molecule has 2 heterocycles. The second kappa shape index (κ2) is 12.2. The van der Waals surface area contributed by atoms with Crippen molar-refractivity contribution in [3.63, 3.8) is 0 Å². The summed E-state index contributed by atoms with van der Waals surface area (Å²) in [7, 11) is 0. The first kappa shape index (κ1) is 22.0. The Hall–Kier alpha value is -6.65. The van der Waals surface area contributed by atoms with Crippen LogP contribution in [0.5, 0.6) is 0 Å². The van der Waals surface area contributed by atoms with Gasteiger partial charge in [0.05, 0.1) is 9.60 Å². The van der Waals surface area contributed by atoms with Gasteiger partial charge in [-0.1, -0.05) is 152 Å². The number of aromatic nitrogens is 3. The molecule has 7 aromatic carbocycles. The van der Waals surface area contributed by atoms with Crippen LogP contribution in [0.2, 0.25) is 0 Å². The first-order valence-electron chi connectivity index (χ1n) is 19.3. The molecule has 0 aliphatic heterocycles. The molecule has 0 bridgehead atoms. The monoisotopic (exact) mass is 634 g/mol. The van der Waals surface area contributed by atoms with Gasteiger partial charge in [0.15, 0.2) is 17.5 Å². The van der Waals surface area contributed by atoms with Crippen molar-refractivity contribution in [3.8, 4) is 67.5 Å². The summed E-state index contributed by atoms with van der Waals surface area (Å²) in [6.07, 6.45) is 0. The third-order valence-electron chi connectivity index (χ3n) is 8.43. The van der Waals surface area contributed by atoms with Crippen LogP contribution in [0.25, 0.3) is 89.5 Å². The minimum Gasteiger partial charge on any atom is -0.456 e. The highest BCUT2D eigenvalue weighted by molar-refractivity contribution is 6.05. The average Bonchev–Trinajstić information content (AvgIpc) is 3.67. The quantitative estimate of drug-likeness (QED) is 0.183. The van der Waals surface area contributed by atoms with Crippen molar-refractivity contribution in [1.29, 1.82) is 0 Å². The number of benzene rings is 7. The lowest BCUT2D eigenvalue weighted by Crippen LogP contribution is -2.00. The van der Waals surface area contributed by atoms with Crippen LogP contribution in [-0.2, 0) is 0 Å². The van der Waals surface area contributed by atoms with E-state index in [2.05, 4.69) is 30.3 Å². The normalized spacial score (nSPS) is 13.3. The lowest BCUT2D eigenvalue weighted by atomic mass is 10.0. The summed E-state index contributed by atoms with van der Waals surface area (Å²) in [5.74, 6) is 1.40. The van der Waals surface area contributed by atoms with Crippen molar-refractivity contribution in [2.45, 2.75) is 0 Å². The van der Waals surface area contributed by atoms with Gasteiger partial charge in [-0.3, -0.25) is 0 Å². The van der Waals surface area contributed by atoms with Crippen LogP contribution in [0, 0.1) is 0 Å². The SMILES string of the molecule is [2H]c1c([2H])c([2H])c2c(oc3c([2H])c(-c4ccc(-c5nc(-c6ccc(-c7ccccc7)cc6)nc(-c6cccc(-c7ccccc7)c6)n5)cc4)c([2H])c([2H])c32)c1[2H]. The molecule has 4 nitrogen and oxygen atoms in total. The summed E-state index contributed by atoms with van der Waals surface area (Å²) in [6, 6.07) is 41.0. The van der Waals surface area contributed by atoms with Gasteiger partial charge in [-0.15, -0.1) is 0 Å². The van der Waals surface area contributed by atoms with E-state index in [1.807, 2.05) is 78.9 Å². The van der Waals surface area contributed by atoms with Crippen molar-refractivity contribution in [2.24, 2.45) is 0 Å². The molecule has 230 valence electrons. The number of fused-ring (bicyclic) bond motifs is 3. The minimum atomic E-state index is -0.473. The van der Waals surface area contributed by atoms with E-state index in [4.69, 9.17) is 29.0 Å². The van der Waals surface area contributed by atoms with E-state index in [9.17, 15) is 0 Å². The van der Waals surface area contributed by atoms with E-state index < -0.39 is 18.1 Å². The van der Waals surface area contributed by atoms with E-state index in [0.717, 1.165) is 33.4 Å². The van der Waals surface area contributed by atoms with Crippen LogP contribution in [0.4, 0.5) is 0 Å². The number of hydrogen-bond donors (Lipinski definition) is 0. The molecule has 0 atom stereocenters. The second-order valence-electron chi connectivity index (χ2n) is 11.5. The third kappa shape index (κ3) is 5.56. The van der Waals surface area contributed by atoms with E-state index in [1.54, 1.807) is 24.3 Å². The van der Waals surface area contributed by atoms with Crippen molar-refractivity contribution < 1.29 is 14.0 Å². The van der Waals surface area contributed by atoms with Crippen LogP contribution in [0.15, 0.2) is 180 Å². The van der Waals surface area contributed by atoms with Gasteiger partial charge in [-0.25, -0.2) is 15.0 Å². The fourth-order valence-electron chi connectivity index (χ4n) is 5.90. The summed E-state index contributed by atoms with van der Waals surface area (Å²) in [5, 5.41) is 0.00565. The van der Waals surface area contributed by atoms with Crippen LogP contribution in [-0.4, -0.2) is 15.0 Å². The van der Waals surface area contributed by atoms with Crippen LogP contribution in [0.3, 0.4) is 0 Å². The van der Waals surface area contributed by atoms with E-state index in [1.165, 1.54) is 0 Å². The molecule has 4 heteroatoms. The van der Waals surface area contributed by atoms with Gasteiger partial charge in [-0.2, -0.15) is 0 Å². The van der Waals surface area contributed by atoms with Gasteiger partial charge in [0, 0.05) is 27.5 Å². The molecule has 0 fully saturated rings. The van der Waals surface area contributed by atoms with Gasteiger partial charge in [0.2, 0.25) is 0 Å². The van der Waals surface area contributed by atoms with E-state index >= 15 is 0 Å². The fraction of sp³-hybridized carbons (Fsp3) is 0. The molecule has 0 saturated heterocycles. The standard InChI is InChI=1S/C45H29N3O/c1-3-10-30(11-4-1)32-18-22-34(23-19-32)43-46-44(48-45(47-43)38-15-9-14-36(28-38)31-12-5-2-6-13-31)35-24-20-33(21-25-35)37-26-27-40-39-16-7-8-17-41(39)49-42(40)29-37/h1-29H/i7D,8D,16D,17D,26D,27D,29D. The molecule has 9 aromatic rings. The Labute approximate surface area is 293 Å². The zero-order valence-corrected chi connectivity index (χ0v) is 26.0. The van der Waals surface area contributed by atoms with Gasteiger partial charge in [0.1, 0.15) is 11.2 Å². The van der Waals surface area contributed by atoms with Gasteiger partial charge >= 0.3 is 0 Å². The lowest BCUT2D eigenvalue weighted by molar-refractivity contribution is 0.669. The number of nitrogens with zero attached hydrogens (tertiary/aromatic N) is 3. The van der Waals surface area contributed by atoms with Crippen LogP contribution >= 0.6 is 0 Å². The van der Waals surface area contributed by atoms with E-state index in [-0.39, 0.29) is 51.7 Å². The van der Waals surface area contributed by atoms with Crippen molar-refractivity contribution in [2.75, 3.05) is 0 Å². The molecule has 0 amide bonds. The molecule has 0 unspecified atom stereocenters. The molecular weight excluding hydrogens is 599 g/mol. The molecule has 0 radical (unpaired) electrons. The number of hydrogen-bond acceptors (Lipinski definition) is 4. The Kier molecular flexibility index (Phi) is 5.47. The summed E-state index contributed by atoms with van der Waals surface area (Å²) < 4.78 is 65.7. The highest BCUT2D eigenvalue weighted by atomic mass is 16.3. The number of rotatable bonds is 6. The molecule has 0 N–H and O–H groups in total. The molecule has 0 aliphatic carbocycles. The first-order chi connectivity index (χ1) is 27.2. The van der Waals surface area contributed by atoms with Crippen LogP contribution in [0.1, 0.15) is 9.60 Å². The summed E-state index contributed by atoms with van der Waals surface area (Å²) in [5.41, 5.74) is 6.93. The summed E-state index contributed by atoms with van der Waals surface area (Å²) in [6.45, 7) is 0. The van der Waals surface area contributed by atoms with Crippen molar-refractivity contribution >= 4 is 21.9 Å². The minimum absolute atomic E-state index is 0.00893. The van der Waals surface area contributed by atoms with E-state index in [0.29, 0.717) is 28.6 Å². The predicted octanol–water partition coefficient (Wildman–Crippen LogP) is 11.8. The third-order valence-corrected chi connectivity index (χ3v) is 8.43. The lowest BCUT2D eigenvalue weighted by Gasteiger charge is -2.11. The molecule has 0 aliphatic rings. The molecule has 9 rings (SSSR count). The predicted molar refractivity (Wildman–Crippen MR) is 200 cm³/mol. The Bertz CT molecular complexity index is 2970. The Morgan fingerprint density at radius 1 is 0.367 bits per heavy atom. The maximum absolute atomic E-state index is 9.06. The Balaban J connectivity index is 1.15. The topological polar surface area (TPSA) is 51.8 Å². The number of furan rings is 1. The molecule has 0 saturated carbocycles. The van der Waals surface area contributed by atoms with Gasteiger partial charge < -0.3 is 4.42 Å². The second-order valence-corrected chi connectivity index (χ2v) is 11.5. The van der Waals surface area contributed by atoms with Gasteiger partial charge in [-0.05, 0) is 57.6 Å². The van der Waals surface area contributed by atoms with Crippen molar-refractivity contribution in [1.82, 2.24) is 15.0 Å². The molecular formula is C45H29N3O. The maximum atomic E-state index is 9.06. The smallest absolute Gasteiger partial charge is 0.164 e. The Morgan fingerprint density at radius 2 is 0.837 bits per heavy atom. The highest BCUT2D eigenvalue weighted by Gasteiger charge is 2.14. The number of para-hydroxylation sites is 1. The molecule has 49 heavy (non-hydrogen) atoms. The van der Waals surface area contributed by atoms with Crippen molar-refractivity contribution in [3.05, 3.63) is 176 Å². The average molecular weight is 635 g/mol. The molecule has 2 aromatic heterocycles. The zero-order valence-electron chi connectivity index (χ0n) is 33.0. The van der Waals surface area contributed by atoms with Crippen LogP contribution < -0.4 is 0 Å².